The van der Waals surface area contributed by atoms with Crippen molar-refractivity contribution in [1.29, 1.82) is 0 Å². The SMILES string of the molecule is CC(C)NC(=O)CN(C)C(=O)c1ccc(F)cc1F. The molecule has 1 aromatic rings. The summed E-state index contributed by atoms with van der Waals surface area (Å²) in [7, 11) is 1.38. The van der Waals surface area contributed by atoms with Crippen molar-refractivity contribution in [2.24, 2.45) is 0 Å². The minimum Gasteiger partial charge on any atom is -0.352 e. The predicted molar refractivity (Wildman–Crippen MR) is 66.6 cm³/mol. The van der Waals surface area contributed by atoms with Crippen LogP contribution in [0.4, 0.5) is 8.78 Å². The summed E-state index contributed by atoms with van der Waals surface area (Å²) in [5.74, 6) is -2.71. The molecule has 0 saturated carbocycles. The first-order valence-corrected chi connectivity index (χ1v) is 5.81. The molecule has 4 nitrogen and oxygen atoms in total. The molecule has 6 heteroatoms. The summed E-state index contributed by atoms with van der Waals surface area (Å²) in [5, 5.41) is 2.62. The zero-order valence-electron chi connectivity index (χ0n) is 11.0. The van der Waals surface area contributed by atoms with E-state index in [1.807, 2.05) is 0 Å². The molecule has 0 aliphatic rings. The molecule has 2 amide bonds. The number of carbonyl (C=O) groups excluding carboxylic acids is 2. The number of amides is 2. The van der Waals surface area contributed by atoms with Crippen LogP contribution in [0, 0.1) is 11.6 Å². The molecular weight excluding hydrogens is 254 g/mol. The highest BCUT2D eigenvalue weighted by atomic mass is 19.1. The molecule has 0 aliphatic carbocycles. The predicted octanol–water partition coefficient (Wildman–Crippen LogP) is 1.56. The van der Waals surface area contributed by atoms with Gasteiger partial charge in [-0.25, -0.2) is 8.78 Å². The molecule has 0 aromatic heterocycles. The third-order valence-corrected chi connectivity index (χ3v) is 2.34. The van der Waals surface area contributed by atoms with Gasteiger partial charge < -0.3 is 10.2 Å². The fourth-order valence-corrected chi connectivity index (χ4v) is 1.52. The first-order valence-electron chi connectivity index (χ1n) is 5.81. The van der Waals surface area contributed by atoms with E-state index in [9.17, 15) is 18.4 Å². The Labute approximate surface area is 110 Å². The average Bonchev–Trinajstić information content (AvgIpc) is 2.26. The minimum absolute atomic E-state index is 0.0430. The number of nitrogens with one attached hydrogen (secondary N) is 1. The lowest BCUT2D eigenvalue weighted by atomic mass is 10.2. The number of likely N-dealkylation sites (N-methyl/N-ethyl adjacent to an activating group) is 1. The van der Waals surface area contributed by atoms with Crippen LogP contribution in [-0.2, 0) is 4.79 Å². The second kappa shape index (κ2) is 6.26. The number of benzene rings is 1. The maximum atomic E-state index is 13.4. The van der Waals surface area contributed by atoms with Gasteiger partial charge in [-0.05, 0) is 26.0 Å². The van der Waals surface area contributed by atoms with E-state index in [0.717, 1.165) is 17.0 Å². The summed E-state index contributed by atoms with van der Waals surface area (Å²) in [6.45, 7) is 3.40. The van der Waals surface area contributed by atoms with Crippen molar-refractivity contribution in [1.82, 2.24) is 10.2 Å². The highest BCUT2D eigenvalue weighted by Crippen LogP contribution is 2.11. The van der Waals surface area contributed by atoms with E-state index in [1.165, 1.54) is 7.05 Å². The van der Waals surface area contributed by atoms with Gasteiger partial charge >= 0.3 is 0 Å². The van der Waals surface area contributed by atoms with Gasteiger partial charge in [0.1, 0.15) is 11.6 Å². The Morgan fingerprint density at radius 1 is 1.32 bits per heavy atom. The Kier molecular flexibility index (Phi) is 4.97. The summed E-state index contributed by atoms with van der Waals surface area (Å²) >= 11 is 0. The molecule has 104 valence electrons. The second-order valence-electron chi connectivity index (χ2n) is 4.51. The molecule has 1 N–H and O–H groups in total. The van der Waals surface area contributed by atoms with E-state index in [0.29, 0.717) is 6.07 Å². The van der Waals surface area contributed by atoms with E-state index in [4.69, 9.17) is 0 Å². The van der Waals surface area contributed by atoms with Gasteiger partial charge in [-0.15, -0.1) is 0 Å². The molecule has 0 radical (unpaired) electrons. The summed E-state index contributed by atoms with van der Waals surface area (Å²) in [6, 6.07) is 2.65. The molecule has 0 atom stereocenters. The van der Waals surface area contributed by atoms with Crippen LogP contribution in [0.1, 0.15) is 24.2 Å². The molecule has 1 rings (SSSR count). The molecule has 0 spiro atoms. The maximum Gasteiger partial charge on any atom is 0.257 e. The lowest BCUT2D eigenvalue weighted by molar-refractivity contribution is -0.122. The lowest BCUT2D eigenvalue weighted by Crippen LogP contribution is -2.41. The van der Waals surface area contributed by atoms with Crippen molar-refractivity contribution in [2.45, 2.75) is 19.9 Å². The van der Waals surface area contributed by atoms with Crippen LogP contribution in [0.15, 0.2) is 18.2 Å². The van der Waals surface area contributed by atoms with Crippen LogP contribution < -0.4 is 5.32 Å². The first-order chi connectivity index (χ1) is 8.81. The van der Waals surface area contributed by atoms with Crippen LogP contribution in [0.3, 0.4) is 0 Å². The van der Waals surface area contributed by atoms with Gasteiger partial charge in [0.25, 0.3) is 5.91 Å². The topological polar surface area (TPSA) is 49.4 Å². The number of rotatable bonds is 4. The lowest BCUT2D eigenvalue weighted by Gasteiger charge is -2.18. The van der Waals surface area contributed by atoms with E-state index in [-0.39, 0.29) is 24.1 Å². The van der Waals surface area contributed by atoms with Gasteiger partial charge in [0, 0.05) is 19.2 Å². The largest absolute Gasteiger partial charge is 0.352 e. The average molecular weight is 270 g/mol. The molecule has 1 aromatic carbocycles. The fraction of sp³-hybridized carbons (Fsp3) is 0.385. The highest BCUT2D eigenvalue weighted by Gasteiger charge is 2.18. The summed E-state index contributed by atoms with van der Waals surface area (Å²) in [6.07, 6.45) is 0. The van der Waals surface area contributed by atoms with Gasteiger partial charge in [0.2, 0.25) is 5.91 Å². The van der Waals surface area contributed by atoms with Crippen molar-refractivity contribution in [2.75, 3.05) is 13.6 Å². The van der Waals surface area contributed by atoms with Crippen LogP contribution >= 0.6 is 0 Å². The summed E-state index contributed by atoms with van der Waals surface area (Å²) in [4.78, 5) is 24.4. The third-order valence-electron chi connectivity index (χ3n) is 2.34. The quantitative estimate of drug-likeness (QED) is 0.902. The molecule has 0 unspecified atom stereocenters. The first kappa shape index (κ1) is 15.1. The number of hydrogen-bond donors (Lipinski definition) is 1. The van der Waals surface area contributed by atoms with Crippen LogP contribution in [0.25, 0.3) is 0 Å². The molecule has 19 heavy (non-hydrogen) atoms. The van der Waals surface area contributed by atoms with Crippen LogP contribution in [0.2, 0.25) is 0 Å². The molecule has 0 saturated heterocycles. The number of hydrogen-bond acceptors (Lipinski definition) is 2. The Morgan fingerprint density at radius 3 is 2.47 bits per heavy atom. The summed E-state index contributed by atoms with van der Waals surface area (Å²) < 4.78 is 26.2. The zero-order chi connectivity index (χ0) is 14.6. The standard InChI is InChI=1S/C13H16F2N2O2/c1-8(2)16-12(18)7-17(3)13(19)10-5-4-9(14)6-11(10)15/h4-6,8H,7H2,1-3H3,(H,16,18). The Balaban J connectivity index is 2.74. The monoisotopic (exact) mass is 270 g/mol. The van der Waals surface area contributed by atoms with Crippen molar-refractivity contribution >= 4 is 11.8 Å². The van der Waals surface area contributed by atoms with Crippen LogP contribution in [0.5, 0.6) is 0 Å². The molecule has 0 fully saturated rings. The highest BCUT2D eigenvalue weighted by molar-refractivity contribution is 5.96. The minimum atomic E-state index is -0.943. The van der Waals surface area contributed by atoms with Crippen molar-refractivity contribution < 1.29 is 18.4 Å². The number of halogens is 2. The molecule has 0 bridgehead atoms. The van der Waals surface area contributed by atoms with Gasteiger partial charge in [-0.3, -0.25) is 9.59 Å². The fourth-order valence-electron chi connectivity index (χ4n) is 1.52. The molecule has 0 heterocycles. The van der Waals surface area contributed by atoms with Gasteiger partial charge in [0.15, 0.2) is 0 Å². The number of nitrogens with zero attached hydrogens (tertiary/aromatic N) is 1. The molecule has 0 aliphatic heterocycles. The van der Waals surface area contributed by atoms with E-state index >= 15 is 0 Å². The zero-order valence-corrected chi connectivity index (χ0v) is 11.0. The van der Waals surface area contributed by atoms with E-state index < -0.39 is 17.5 Å². The second-order valence-corrected chi connectivity index (χ2v) is 4.51. The van der Waals surface area contributed by atoms with Crippen molar-refractivity contribution in [3.63, 3.8) is 0 Å². The van der Waals surface area contributed by atoms with Gasteiger partial charge in [-0.2, -0.15) is 0 Å². The van der Waals surface area contributed by atoms with E-state index in [1.54, 1.807) is 13.8 Å². The normalized spacial score (nSPS) is 10.4. The smallest absolute Gasteiger partial charge is 0.257 e. The summed E-state index contributed by atoms with van der Waals surface area (Å²) in [5.41, 5.74) is -0.263. The Bertz CT molecular complexity index is 490. The maximum absolute atomic E-state index is 13.4. The number of carbonyl (C=O) groups is 2. The third kappa shape index (κ3) is 4.31. The Hall–Kier alpha value is -1.98. The van der Waals surface area contributed by atoms with Crippen molar-refractivity contribution in [3.8, 4) is 0 Å². The van der Waals surface area contributed by atoms with Gasteiger partial charge in [-0.1, -0.05) is 0 Å². The van der Waals surface area contributed by atoms with Gasteiger partial charge in [0.05, 0.1) is 12.1 Å². The van der Waals surface area contributed by atoms with Crippen molar-refractivity contribution in [3.05, 3.63) is 35.4 Å². The Morgan fingerprint density at radius 2 is 1.95 bits per heavy atom. The molecular formula is C13H16F2N2O2. The van der Waals surface area contributed by atoms with Crippen LogP contribution in [-0.4, -0.2) is 36.3 Å². The van der Waals surface area contributed by atoms with E-state index in [2.05, 4.69) is 5.32 Å².